The molecule has 1 atom stereocenters. The number of benzene rings is 1. The second-order valence-corrected chi connectivity index (χ2v) is 12.1. The van der Waals surface area contributed by atoms with Crippen LogP contribution in [-0.2, 0) is 11.3 Å². The Labute approximate surface area is 236 Å². The number of likely N-dealkylation sites (tertiary alicyclic amines) is 1. The highest BCUT2D eigenvalue weighted by molar-refractivity contribution is 7.98. The molecule has 1 aliphatic heterocycles. The van der Waals surface area contributed by atoms with Crippen molar-refractivity contribution in [3.05, 3.63) is 63.2 Å². The van der Waals surface area contributed by atoms with Gasteiger partial charge >= 0.3 is 0 Å². The van der Waals surface area contributed by atoms with Crippen molar-refractivity contribution in [2.75, 3.05) is 19.3 Å². The molecule has 0 radical (unpaired) electrons. The number of aromatic nitrogens is 2. The Bertz CT molecular complexity index is 1500. The van der Waals surface area contributed by atoms with Crippen LogP contribution in [0.15, 0.2) is 40.0 Å². The van der Waals surface area contributed by atoms with Crippen molar-refractivity contribution in [2.45, 2.75) is 69.9 Å². The largest absolute Gasteiger partial charge is 0.348 e. The van der Waals surface area contributed by atoms with E-state index < -0.39 is 11.8 Å². The van der Waals surface area contributed by atoms with E-state index in [0.29, 0.717) is 24.2 Å². The molecule has 1 aliphatic carbocycles. The third-order valence-electron chi connectivity index (χ3n) is 8.64. The van der Waals surface area contributed by atoms with Crippen molar-refractivity contribution in [1.82, 2.24) is 19.8 Å². The zero-order chi connectivity index (χ0) is 28.8. The molecule has 1 saturated carbocycles. The van der Waals surface area contributed by atoms with Crippen LogP contribution in [0.4, 0.5) is 8.78 Å². The number of nitrogens with one attached hydrogen (secondary N) is 2. The molecule has 1 aromatic carbocycles. The number of fused-ring (bicyclic) bond motifs is 1. The molecular weight excluding hydrogens is 534 g/mol. The SMILES string of the molecule is CSc1cc(C)[nH]c(=O)c1CNC(=O)c1c(C)n([C@H](C)C2CCN(C(=O)C3CC(F)(F)C3)CC2)c2ccccc12. The standard InChI is InChI=1S/C30H36F2N4O3S/c1-17-13-25(40-4)23(27(37)34-17)16-33-28(38)26-19(3)36(24-8-6-5-7-22(24)26)18(2)20-9-11-35(12-10-20)29(39)21-14-30(31,32)15-21/h5-8,13,18,20-21H,9-12,14-16H2,1-4H3,(H,33,38)(H,34,37)/t18-/m1/s1. The van der Waals surface area contributed by atoms with E-state index in [-0.39, 0.29) is 48.7 Å². The third-order valence-corrected chi connectivity index (χ3v) is 9.44. The van der Waals surface area contributed by atoms with Gasteiger partial charge in [0.2, 0.25) is 11.8 Å². The van der Waals surface area contributed by atoms with Crippen molar-refractivity contribution < 1.29 is 18.4 Å². The monoisotopic (exact) mass is 570 g/mol. The summed E-state index contributed by atoms with van der Waals surface area (Å²) < 4.78 is 28.8. The van der Waals surface area contributed by atoms with E-state index >= 15 is 0 Å². The maximum atomic E-state index is 13.6. The first kappa shape index (κ1) is 28.4. The average Bonchev–Trinajstić information content (AvgIpc) is 3.21. The van der Waals surface area contributed by atoms with Crippen LogP contribution in [-0.4, -0.2) is 51.5 Å². The molecule has 2 aromatic heterocycles. The summed E-state index contributed by atoms with van der Waals surface area (Å²) in [5, 5.41) is 3.83. The Balaban J connectivity index is 1.33. The molecule has 10 heteroatoms. The number of carbonyl (C=O) groups excluding carboxylic acids is 2. The number of pyridine rings is 1. The van der Waals surface area contributed by atoms with Crippen molar-refractivity contribution in [3.8, 4) is 0 Å². The van der Waals surface area contributed by atoms with E-state index in [1.165, 1.54) is 11.8 Å². The lowest BCUT2D eigenvalue weighted by Crippen LogP contribution is -2.49. The number of aromatic amines is 1. The van der Waals surface area contributed by atoms with Crippen molar-refractivity contribution in [3.63, 3.8) is 0 Å². The Hall–Kier alpha value is -3.14. The first-order valence-corrected chi connectivity index (χ1v) is 15.0. The lowest BCUT2D eigenvalue weighted by atomic mass is 9.79. The van der Waals surface area contributed by atoms with Gasteiger partial charge in [-0.25, -0.2) is 8.78 Å². The van der Waals surface area contributed by atoms with Gasteiger partial charge in [-0.15, -0.1) is 11.8 Å². The van der Waals surface area contributed by atoms with E-state index in [1.807, 2.05) is 50.4 Å². The van der Waals surface area contributed by atoms with E-state index in [0.717, 1.165) is 40.0 Å². The Kier molecular flexibility index (Phi) is 7.83. The van der Waals surface area contributed by atoms with Crippen LogP contribution < -0.4 is 10.9 Å². The Morgan fingerprint density at radius 2 is 1.85 bits per heavy atom. The highest BCUT2D eigenvalue weighted by atomic mass is 32.2. The van der Waals surface area contributed by atoms with E-state index in [4.69, 9.17) is 0 Å². The number of halogens is 2. The Morgan fingerprint density at radius 1 is 1.18 bits per heavy atom. The topological polar surface area (TPSA) is 87.2 Å². The number of H-pyrrole nitrogens is 1. The molecule has 40 heavy (non-hydrogen) atoms. The van der Waals surface area contributed by atoms with Gasteiger partial charge in [-0.2, -0.15) is 0 Å². The number of alkyl halides is 2. The number of thioether (sulfide) groups is 1. The minimum absolute atomic E-state index is 0.0692. The highest BCUT2D eigenvalue weighted by Gasteiger charge is 2.50. The van der Waals surface area contributed by atoms with Crippen LogP contribution in [0.3, 0.4) is 0 Å². The molecule has 1 saturated heterocycles. The fourth-order valence-corrected chi connectivity index (χ4v) is 7.11. The first-order chi connectivity index (χ1) is 19.0. The second kappa shape index (κ2) is 11.0. The molecule has 0 spiro atoms. The minimum Gasteiger partial charge on any atom is -0.348 e. The lowest BCUT2D eigenvalue weighted by Gasteiger charge is -2.41. The molecule has 3 heterocycles. The summed E-state index contributed by atoms with van der Waals surface area (Å²) in [4.78, 5) is 44.2. The van der Waals surface area contributed by atoms with Gasteiger partial charge < -0.3 is 19.8 Å². The normalized spacial score (nSPS) is 18.5. The summed E-state index contributed by atoms with van der Waals surface area (Å²) in [6, 6.07) is 9.81. The summed E-state index contributed by atoms with van der Waals surface area (Å²) in [7, 11) is 0. The van der Waals surface area contributed by atoms with Gasteiger partial charge in [0.1, 0.15) is 0 Å². The van der Waals surface area contributed by atoms with Crippen molar-refractivity contribution in [2.24, 2.45) is 11.8 Å². The van der Waals surface area contributed by atoms with Crippen LogP contribution in [0, 0.1) is 25.7 Å². The second-order valence-electron chi connectivity index (χ2n) is 11.2. The minimum atomic E-state index is -2.70. The number of para-hydroxylation sites is 1. The van der Waals surface area contributed by atoms with E-state index in [2.05, 4.69) is 21.8 Å². The first-order valence-electron chi connectivity index (χ1n) is 13.8. The molecule has 0 bridgehead atoms. The number of aryl methyl sites for hydroxylation is 1. The van der Waals surface area contributed by atoms with Crippen LogP contribution in [0.1, 0.15) is 66.0 Å². The number of rotatable bonds is 7. The number of nitrogens with zero attached hydrogens (tertiary/aromatic N) is 2. The van der Waals surface area contributed by atoms with E-state index in [1.54, 1.807) is 4.90 Å². The molecule has 214 valence electrons. The number of hydrogen-bond donors (Lipinski definition) is 2. The molecule has 3 aromatic rings. The van der Waals surface area contributed by atoms with Crippen LogP contribution in [0.5, 0.6) is 0 Å². The van der Waals surface area contributed by atoms with Crippen molar-refractivity contribution >= 4 is 34.5 Å². The predicted octanol–water partition coefficient (Wildman–Crippen LogP) is 5.44. The zero-order valence-corrected chi connectivity index (χ0v) is 24.2. The van der Waals surface area contributed by atoms with Crippen LogP contribution in [0.2, 0.25) is 0 Å². The quantitative estimate of drug-likeness (QED) is 0.370. The smallest absolute Gasteiger partial charge is 0.254 e. The number of hydrogen-bond acceptors (Lipinski definition) is 4. The van der Waals surface area contributed by atoms with Gasteiger partial charge in [0.05, 0.1) is 5.56 Å². The number of amides is 2. The zero-order valence-electron chi connectivity index (χ0n) is 23.4. The maximum Gasteiger partial charge on any atom is 0.254 e. The fourth-order valence-electron chi connectivity index (χ4n) is 6.40. The maximum absolute atomic E-state index is 13.6. The predicted molar refractivity (Wildman–Crippen MR) is 153 cm³/mol. The fraction of sp³-hybridized carbons (Fsp3) is 0.500. The average molecular weight is 571 g/mol. The highest BCUT2D eigenvalue weighted by Crippen LogP contribution is 2.44. The third kappa shape index (κ3) is 5.30. The van der Waals surface area contributed by atoms with Crippen LogP contribution in [0.25, 0.3) is 10.9 Å². The molecular formula is C30H36F2N4O3S. The van der Waals surface area contributed by atoms with Gasteiger partial charge in [0, 0.05) is 77.2 Å². The van der Waals surface area contributed by atoms with E-state index in [9.17, 15) is 23.2 Å². The number of piperidine rings is 1. The molecule has 2 fully saturated rings. The van der Waals surface area contributed by atoms with Gasteiger partial charge in [0.25, 0.3) is 11.5 Å². The van der Waals surface area contributed by atoms with Crippen LogP contribution >= 0.6 is 11.8 Å². The molecule has 2 amide bonds. The summed E-state index contributed by atoms with van der Waals surface area (Å²) in [6.45, 7) is 7.17. The molecule has 0 unspecified atom stereocenters. The van der Waals surface area contributed by atoms with Gasteiger partial charge in [-0.3, -0.25) is 14.4 Å². The summed E-state index contributed by atoms with van der Waals surface area (Å²) in [5.74, 6) is -3.35. The summed E-state index contributed by atoms with van der Waals surface area (Å²) in [6.07, 6.45) is 2.79. The van der Waals surface area contributed by atoms with Gasteiger partial charge in [-0.05, 0) is 57.9 Å². The Morgan fingerprint density at radius 3 is 2.50 bits per heavy atom. The van der Waals surface area contributed by atoms with Crippen molar-refractivity contribution in [1.29, 1.82) is 0 Å². The van der Waals surface area contributed by atoms with Gasteiger partial charge in [0.15, 0.2) is 0 Å². The molecule has 5 rings (SSSR count). The number of carbonyl (C=O) groups is 2. The molecule has 2 aliphatic rings. The summed E-state index contributed by atoms with van der Waals surface area (Å²) >= 11 is 1.48. The van der Waals surface area contributed by atoms with Gasteiger partial charge in [-0.1, -0.05) is 18.2 Å². The lowest BCUT2D eigenvalue weighted by molar-refractivity contribution is -0.161. The molecule has 7 nitrogen and oxygen atoms in total. The molecule has 2 N–H and O–H groups in total. The summed E-state index contributed by atoms with van der Waals surface area (Å²) in [5.41, 5.74) is 3.52.